The highest BCUT2D eigenvalue weighted by atomic mass is 16.5. The van der Waals surface area contributed by atoms with Crippen molar-refractivity contribution in [2.45, 2.75) is 38.7 Å². The van der Waals surface area contributed by atoms with Gasteiger partial charge in [-0.15, -0.1) is 0 Å². The van der Waals surface area contributed by atoms with Crippen molar-refractivity contribution in [1.29, 1.82) is 0 Å². The van der Waals surface area contributed by atoms with Crippen molar-refractivity contribution >= 4 is 22.6 Å². The number of hydrazine groups is 1. The summed E-state index contributed by atoms with van der Waals surface area (Å²) in [4.78, 5) is 24.5. The molecule has 5 heteroatoms. The van der Waals surface area contributed by atoms with Crippen LogP contribution in [0.1, 0.15) is 32.6 Å². The van der Waals surface area contributed by atoms with Crippen LogP contribution in [0.25, 0.3) is 10.8 Å². The molecular weight excluding hydrogens is 328 g/mol. The number of hydrogen-bond acceptors (Lipinski definition) is 3. The normalized spacial score (nSPS) is 25.0. The first-order chi connectivity index (χ1) is 12.6. The SMILES string of the molecule is CC(Oc1ccc2ccccc2c1)C(=O)NNC(=O)C1CC2CCC1C2. The summed E-state index contributed by atoms with van der Waals surface area (Å²) in [7, 11) is 0. The van der Waals surface area contributed by atoms with E-state index in [0.29, 0.717) is 17.6 Å². The highest BCUT2D eigenvalue weighted by Crippen LogP contribution is 2.48. The van der Waals surface area contributed by atoms with Gasteiger partial charge in [0.2, 0.25) is 5.91 Å². The number of carbonyl (C=O) groups excluding carboxylic acids is 2. The average molecular weight is 352 g/mol. The van der Waals surface area contributed by atoms with E-state index in [2.05, 4.69) is 10.9 Å². The molecule has 2 aliphatic rings. The molecule has 2 saturated carbocycles. The van der Waals surface area contributed by atoms with E-state index in [4.69, 9.17) is 4.74 Å². The molecule has 0 aromatic heterocycles. The summed E-state index contributed by atoms with van der Waals surface area (Å²) in [5.41, 5.74) is 5.10. The molecule has 2 N–H and O–H groups in total. The predicted molar refractivity (Wildman–Crippen MR) is 99.3 cm³/mol. The number of hydrogen-bond donors (Lipinski definition) is 2. The first-order valence-corrected chi connectivity index (χ1v) is 9.35. The minimum Gasteiger partial charge on any atom is -0.481 e. The lowest BCUT2D eigenvalue weighted by atomic mass is 9.88. The van der Waals surface area contributed by atoms with Crippen LogP contribution in [-0.2, 0) is 9.59 Å². The number of benzene rings is 2. The maximum Gasteiger partial charge on any atom is 0.279 e. The Morgan fingerprint density at radius 1 is 1.04 bits per heavy atom. The van der Waals surface area contributed by atoms with E-state index in [0.717, 1.165) is 30.0 Å². The molecule has 2 aromatic carbocycles. The topological polar surface area (TPSA) is 67.4 Å². The fourth-order valence-corrected chi connectivity index (χ4v) is 4.38. The molecule has 0 radical (unpaired) electrons. The number of carbonyl (C=O) groups is 2. The largest absolute Gasteiger partial charge is 0.481 e. The van der Waals surface area contributed by atoms with E-state index in [9.17, 15) is 9.59 Å². The van der Waals surface area contributed by atoms with Gasteiger partial charge < -0.3 is 4.74 Å². The zero-order chi connectivity index (χ0) is 18.1. The fraction of sp³-hybridized carbons (Fsp3) is 0.429. The van der Waals surface area contributed by atoms with E-state index in [1.165, 1.54) is 6.42 Å². The smallest absolute Gasteiger partial charge is 0.279 e. The molecule has 26 heavy (non-hydrogen) atoms. The third-order valence-electron chi connectivity index (χ3n) is 5.79. The Morgan fingerprint density at radius 2 is 1.85 bits per heavy atom. The van der Waals surface area contributed by atoms with Crippen LogP contribution >= 0.6 is 0 Å². The van der Waals surface area contributed by atoms with Crippen molar-refractivity contribution in [3.8, 4) is 5.75 Å². The van der Waals surface area contributed by atoms with Gasteiger partial charge >= 0.3 is 0 Å². The Bertz CT molecular complexity index is 835. The maximum atomic E-state index is 12.3. The van der Waals surface area contributed by atoms with Crippen LogP contribution in [0.4, 0.5) is 0 Å². The second-order valence-corrected chi connectivity index (χ2v) is 7.53. The number of rotatable bonds is 4. The van der Waals surface area contributed by atoms with Crippen molar-refractivity contribution < 1.29 is 14.3 Å². The first-order valence-electron chi connectivity index (χ1n) is 9.35. The molecule has 0 heterocycles. The predicted octanol–water partition coefficient (Wildman–Crippen LogP) is 3.19. The third kappa shape index (κ3) is 3.39. The van der Waals surface area contributed by atoms with E-state index in [1.807, 2.05) is 42.5 Å². The van der Waals surface area contributed by atoms with Gasteiger partial charge in [0, 0.05) is 5.92 Å². The second-order valence-electron chi connectivity index (χ2n) is 7.53. The summed E-state index contributed by atoms with van der Waals surface area (Å²) in [5.74, 6) is 1.44. The van der Waals surface area contributed by atoms with Crippen LogP contribution in [0.2, 0.25) is 0 Å². The molecule has 4 unspecified atom stereocenters. The minimum absolute atomic E-state index is 0.0470. The van der Waals surface area contributed by atoms with Gasteiger partial charge in [0.15, 0.2) is 6.10 Å². The molecule has 0 spiro atoms. The van der Waals surface area contributed by atoms with E-state index >= 15 is 0 Å². The molecule has 2 bridgehead atoms. The van der Waals surface area contributed by atoms with Gasteiger partial charge in [0.05, 0.1) is 0 Å². The van der Waals surface area contributed by atoms with Gasteiger partial charge in [0.25, 0.3) is 5.91 Å². The summed E-state index contributed by atoms with van der Waals surface area (Å²) in [6.45, 7) is 1.67. The molecule has 2 fully saturated rings. The monoisotopic (exact) mass is 352 g/mol. The zero-order valence-electron chi connectivity index (χ0n) is 14.9. The Morgan fingerprint density at radius 3 is 2.58 bits per heavy atom. The average Bonchev–Trinajstić information content (AvgIpc) is 3.29. The third-order valence-corrected chi connectivity index (χ3v) is 5.79. The van der Waals surface area contributed by atoms with Crippen LogP contribution < -0.4 is 15.6 Å². The minimum atomic E-state index is -0.698. The highest BCUT2D eigenvalue weighted by Gasteiger charge is 2.43. The summed E-state index contributed by atoms with van der Waals surface area (Å²) in [6, 6.07) is 13.7. The highest BCUT2D eigenvalue weighted by molar-refractivity contribution is 5.86. The molecular formula is C21H24N2O3. The molecule has 2 aromatic rings. The Labute approximate surface area is 153 Å². The molecule has 5 nitrogen and oxygen atoms in total. The molecule has 2 aliphatic carbocycles. The number of nitrogens with one attached hydrogen (secondary N) is 2. The number of fused-ring (bicyclic) bond motifs is 3. The van der Waals surface area contributed by atoms with Crippen LogP contribution in [0.5, 0.6) is 5.75 Å². The Balaban J connectivity index is 1.30. The van der Waals surface area contributed by atoms with Gasteiger partial charge in [-0.25, -0.2) is 0 Å². The Kier molecular flexibility index (Phi) is 4.53. The standard InChI is InChI=1S/C21H24N2O3/c1-13(26-18-9-8-15-4-2-3-5-16(15)12-18)20(24)22-23-21(25)19-11-14-6-7-17(19)10-14/h2-5,8-9,12-14,17,19H,6-7,10-11H2,1H3,(H,22,24)(H,23,25). The van der Waals surface area contributed by atoms with Crippen molar-refractivity contribution in [2.75, 3.05) is 0 Å². The number of amides is 2. The van der Waals surface area contributed by atoms with Gasteiger partial charge in [-0.2, -0.15) is 0 Å². The first kappa shape index (κ1) is 16.9. The van der Waals surface area contributed by atoms with E-state index in [-0.39, 0.29) is 17.7 Å². The van der Waals surface area contributed by atoms with Crippen LogP contribution in [-0.4, -0.2) is 17.9 Å². The molecule has 0 saturated heterocycles. The van der Waals surface area contributed by atoms with Crippen molar-refractivity contribution in [1.82, 2.24) is 10.9 Å². The quantitative estimate of drug-likeness (QED) is 0.831. The van der Waals surface area contributed by atoms with Crippen LogP contribution in [0, 0.1) is 17.8 Å². The fourth-order valence-electron chi connectivity index (χ4n) is 4.38. The zero-order valence-corrected chi connectivity index (χ0v) is 14.9. The summed E-state index contributed by atoms with van der Waals surface area (Å²) >= 11 is 0. The molecule has 0 aliphatic heterocycles. The lowest BCUT2D eigenvalue weighted by molar-refractivity contribution is -0.135. The van der Waals surface area contributed by atoms with E-state index < -0.39 is 6.10 Å². The van der Waals surface area contributed by atoms with Crippen molar-refractivity contribution in [2.24, 2.45) is 17.8 Å². The maximum absolute atomic E-state index is 12.3. The molecule has 2 amide bonds. The van der Waals surface area contributed by atoms with Gasteiger partial charge in [0.1, 0.15) is 5.75 Å². The molecule has 4 atom stereocenters. The lowest BCUT2D eigenvalue weighted by Crippen LogP contribution is -2.49. The second kappa shape index (κ2) is 6.98. The summed E-state index contributed by atoms with van der Waals surface area (Å²) in [5, 5.41) is 2.18. The van der Waals surface area contributed by atoms with Crippen LogP contribution in [0.15, 0.2) is 42.5 Å². The van der Waals surface area contributed by atoms with Crippen molar-refractivity contribution in [3.05, 3.63) is 42.5 Å². The summed E-state index contributed by atoms with van der Waals surface area (Å²) in [6.07, 6.45) is 3.80. The van der Waals surface area contributed by atoms with Gasteiger partial charge in [-0.1, -0.05) is 36.8 Å². The van der Waals surface area contributed by atoms with Gasteiger partial charge in [-0.05, 0) is 60.9 Å². The van der Waals surface area contributed by atoms with E-state index in [1.54, 1.807) is 6.92 Å². The lowest BCUT2D eigenvalue weighted by Gasteiger charge is -2.21. The molecule has 4 rings (SSSR count). The molecule has 136 valence electrons. The van der Waals surface area contributed by atoms with Crippen molar-refractivity contribution in [3.63, 3.8) is 0 Å². The van der Waals surface area contributed by atoms with Gasteiger partial charge in [-0.3, -0.25) is 20.4 Å². The number of ether oxygens (including phenoxy) is 1. The summed E-state index contributed by atoms with van der Waals surface area (Å²) < 4.78 is 5.73. The van der Waals surface area contributed by atoms with Crippen LogP contribution in [0.3, 0.4) is 0 Å². The Hall–Kier alpha value is -2.56.